The van der Waals surface area contributed by atoms with Gasteiger partial charge in [0.15, 0.2) is 17.9 Å². The Kier molecular flexibility index (Phi) is 3.98. The molecule has 3 aliphatic rings. The SMILES string of the molecule is CC(C(=O)O)C(O)[C@H]1O[C@@H]2OC(C)(C)O[C@@H]2[C@H]2OC(C)(C)O[C@H]21. The molecule has 0 aromatic carbocycles. The largest absolute Gasteiger partial charge is 0.481 e. The second-order valence-electron chi connectivity index (χ2n) is 7.25. The van der Waals surface area contributed by atoms with Gasteiger partial charge in [0.1, 0.15) is 24.4 Å². The molecule has 0 aliphatic carbocycles. The van der Waals surface area contributed by atoms with E-state index in [2.05, 4.69) is 0 Å². The first-order chi connectivity index (χ1) is 10.5. The number of ether oxygens (including phenoxy) is 5. The second-order valence-corrected chi connectivity index (χ2v) is 7.25. The van der Waals surface area contributed by atoms with Crippen molar-refractivity contribution < 1.29 is 38.7 Å². The molecule has 0 amide bonds. The number of rotatable bonds is 3. The Bertz CT molecular complexity index is 490. The molecule has 8 heteroatoms. The van der Waals surface area contributed by atoms with Crippen molar-refractivity contribution in [2.24, 2.45) is 5.92 Å². The Labute approximate surface area is 134 Å². The van der Waals surface area contributed by atoms with Crippen LogP contribution in [0, 0.1) is 5.92 Å². The summed E-state index contributed by atoms with van der Waals surface area (Å²) in [6.07, 6.45) is -4.53. The van der Waals surface area contributed by atoms with E-state index < -0.39 is 60.3 Å². The van der Waals surface area contributed by atoms with Crippen LogP contribution in [-0.4, -0.2) is 64.6 Å². The van der Waals surface area contributed by atoms with Crippen molar-refractivity contribution in [3.8, 4) is 0 Å². The lowest BCUT2D eigenvalue weighted by Gasteiger charge is -2.40. The fraction of sp³-hybridized carbons (Fsp3) is 0.933. The average Bonchev–Trinajstić information content (AvgIpc) is 2.90. The smallest absolute Gasteiger partial charge is 0.308 e. The van der Waals surface area contributed by atoms with E-state index in [0.717, 1.165) is 0 Å². The highest BCUT2D eigenvalue weighted by Crippen LogP contribution is 2.45. The Hall–Kier alpha value is -0.770. The van der Waals surface area contributed by atoms with Crippen LogP contribution in [0.3, 0.4) is 0 Å². The van der Waals surface area contributed by atoms with Crippen molar-refractivity contribution in [1.82, 2.24) is 0 Å². The molecular weight excluding hydrogens is 308 g/mol. The van der Waals surface area contributed by atoms with Gasteiger partial charge in [-0.3, -0.25) is 4.79 Å². The monoisotopic (exact) mass is 332 g/mol. The standard InChI is InChI=1S/C15H24O8/c1-6(12(17)18)7(16)8-9-10(21-14(2,3)20-9)11-13(19-8)23-15(4,5)22-11/h6-11,13,16H,1-5H3,(H,17,18)/t6?,7?,8-,9+,10+,11-,13-/m1/s1. The van der Waals surface area contributed by atoms with Gasteiger partial charge in [-0.15, -0.1) is 0 Å². The first-order valence-electron chi connectivity index (χ1n) is 7.78. The minimum absolute atomic E-state index is 0.500. The highest BCUT2D eigenvalue weighted by molar-refractivity contribution is 5.70. The Morgan fingerprint density at radius 3 is 2.09 bits per heavy atom. The minimum atomic E-state index is -1.26. The predicted molar refractivity (Wildman–Crippen MR) is 75.3 cm³/mol. The number of aliphatic hydroxyl groups is 1. The number of aliphatic carboxylic acids is 1. The maximum atomic E-state index is 11.2. The van der Waals surface area contributed by atoms with Crippen molar-refractivity contribution in [2.45, 2.75) is 83.0 Å². The molecule has 3 fully saturated rings. The fourth-order valence-corrected chi connectivity index (χ4v) is 3.35. The predicted octanol–water partition coefficient (Wildman–Crippen LogP) is 0.464. The van der Waals surface area contributed by atoms with Crippen LogP contribution in [0.25, 0.3) is 0 Å². The van der Waals surface area contributed by atoms with Crippen LogP contribution in [-0.2, 0) is 28.5 Å². The zero-order valence-corrected chi connectivity index (χ0v) is 13.9. The molecule has 2 N–H and O–H groups in total. The van der Waals surface area contributed by atoms with Crippen molar-refractivity contribution in [1.29, 1.82) is 0 Å². The molecule has 3 rings (SSSR count). The van der Waals surface area contributed by atoms with E-state index in [4.69, 9.17) is 28.8 Å². The van der Waals surface area contributed by atoms with Crippen molar-refractivity contribution in [2.75, 3.05) is 0 Å². The third kappa shape index (κ3) is 2.99. The van der Waals surface area contributed by atoms with Gasteiger partial charge < -0.3 is 33.9 Å². The summed E-state index contributed by atoms with van der Waals surface area (Å²) < 4.78 is 29.1. The Morgan fingerprint density at radius 1 is 0.957 bits per heavy atom. The molecular formula is C15H24O8. The minimum Gasteiger partial charge on any atom is -0.481 e. The molecule has 132 valence electrons. The number of hydrogen-bond donors (Lipinski definition) is 2. The third-order valence-electron chi connectivity index (χ3n) is 4.43. The van der Waals surface area contributed by atoms with Crippen LogP contribution in [0.4, 0.5) is 0 Å². The molecule has 2 unspecified atom stereocenters. The molecule has 0 aromatic heterocycles. The van der Waals surface area contributed by atoms with Crippen LogP contribution in [0.2, 0.25) is 0 Å². The number of carboxylic acids is 1. The van der Waals surface area contributed by atoms with E-state index >= 15 is 0 Å². The normalized spacial score (nSPS) is 43.5. The molecule has 0 aromatic rings. The summed E-state index contributed by atoms with van der Waals surface area (Å²) in [6, 6.07) is 0. The summed E-state index contributed by atoms with van der Waals surface area (Å²) in [5, 5.41) is 19.6. The molecule has 0 spiro atoms. The van der Waals surface area contributed by atoms with Crippen LogP contribution >= 0.6 is 0 Å². The van der Waals surface area contributed by atoms with Crippen molar-refractivity contribution >= 4 is 5.97 Å². The Morgan fingerprint density at radius 2 is 1.48 bits per heavy atom. The Balaban J connectivity index is 1.88. The van der Waals surface area contributed by atoms with Crippen molar-refractivity contribution in [3.05, 3.63) is 0 Å². The highest BCUT2D eigenvalue weighted by atomic mass is 16.9. The van der Waals surface area contributed by atoms with Gasteiger partial charge in [0, 0.05) is 0 Å². The summed E-state index contributed by atoms with van der Waals surface area (Å²) in [5.41, 5.74) is 0. The maximum absolute atomic E-state index is 11.2. The third-order valence-corrected chi connectivity index (χ3v) is 4.43. The van der Waals surface area contributed by atoms with E-state index in [-0.39, 0.29) is 0 Å². The summed E-state index contributed by atoms with van der Waals surface area (Å²) in [5.74, 6) is -3.86. The van der Waals surface area contributed by atoms with Crippen LogP contribution in [0.15, 0.2) is 0 Å². The lowest BCUT2D eigenvalue weighted by Crippen LogP contribution is -2.59. The molecule has 8 nitrogen and oxygen atoms in total. The number of aliphatic hydroxyl groups excluding tert-OH is 1. The van der Waals surface area contributed by atoms with Gasteiger partial charge in [-0.05, 0) is 34.6 Å². The van der Waals surface area contributed by atoms with E-state index in [1.807, 2.05) is 0 Å². The van der Waals surface area contributed by atoms with E-state index in [1.165, 1.54) is 6.92 Å². The molecule has 0 bridgehead atoms. The van der Waals surface area contributed by atoms with Crippen LogP contribution in [0.5, 0.6) is 0 Å². The van der Waals surface area contributed by atoms with E-state index in [9.17, 15) is 9.90 Å². The van der Waals surface area contributed by atoms with Gasteiger partial charge in [0.2, 0.25) is 0 Å². The van der Waals surface area contributed by atoms with Crippen LogP contribution in [0.1, 0.15) is 34.6 Å². The quantitative estimate of drug-likeness (QED) is 0.768. The molecule has 0 radical (unpaired) electrons. The zero-order valence-electron chi connectivity index (χ0n) is 13.9. The van der Waals surface area contributed by atoms with Crippen LogP contribution < -0.4 is 0 Å². The lowest BCUT2D eigenvalue weighted by atomic mass is 9.90. The lowest BCUT2D eigenvalue weighted by molar-refractivity contribution is -0.257. The van der Waals surface area contributed by atoms with Crippen molar-refractivity contribution in [3.63, 3.8) is 0 Å². The summed E-state index contributed by atoms with van der Waals surface area (Å²) in [7, 11) is 0. The molecule has 3 aliphatic heterocycles. The van der Waals surface area contributed by atoms with Gasteiger partial charge in [-0.1, -0.05) is 0 Å². The van der Waals surface area contributed by atoms with E-state index in [0.29, 0.717) is 0 Å². The van der Waals surface area contributed by atoms with Gasteiger partial charge in [0.05, 0.1) is 12.0 Å². The average molecular weight is 332 g/mol. The molecule has 23 heavy (non-hydrogen) atoms. The summed E-state index contributed by atoms with van der Waals surface area (Å²) >= 11 is 0. The van der Waals surface area contributed by atoms with Gasteiger partial charge in [-0.2, -0.15) is 0 Å². The molecule has 7 atom stereocenters. The molecule has 0 saturated carbocycles. The summed E-state index contributed by atoms with van der Waals surface area (Å²) in [6.45, 7) is 8.46. The first kappa shape index (κ1) is 17.1. The second kappa shape index (κ2) is 5.37. The summed E-state index contributed by atoms with van der Waals surface area (Å²) in [4.78, 5) is 11.2. The number of fused-ring (bicyclic) bond motifs is 3. The highest BCUT2D eigenvalue weighted by Gasteiger charge is 2.62. The van der Waals surface area contributed by atoms with Gasteiger partial charge in [0.25, 0.3) is 0 Å². The topological polar surface area (TPSA) is 104 Å². The number of carboxylic acid groups (broad SMARTS) is 1. The van der Waals surface area contributed by atoms with E-state index in [1.54, 1.807) is 27.7 Å². The van der Waals surface area contributed by atoms with Gasteiger partial charge >= 0.3 is 5.97 Å². The molecule has 3 saturated heterocycles. The molecule has 3 heterocycles. The number of carbonyl (C=O) groups is 1. The fourth-order valence-electron chi connectivity index (χ4n) is 3.35. The van der Waals surface area contributed by atoms with Gasteiger partial charge in [-0.25, -0.2) is 0 Å². The zero-order chi connectivity index (χ0) is 17.2. The maximum Gasteiger partial charge on any atom is 0.308 e. The number of hydrogen-bond acceptors (Lipinski definition) is 7. The first-order valence-corrected chi connectivity index (χ1v) is 7.78.